The van der Waals surface area contributed by atoms with E-state index in [-0.39, 0.29) is 5.56 Å². The van der Waals surface area contributed by atoms with Crippen LogP contribution in [0.2, 0.25) is 0 Å². The molecule has 394 valence electrons. The van der Waals surface area contributed by atoms with Gasteiger partial charge in [-0.2, -0.15) is 13.2 Å². The number of hydrogen-bond donors (Lipinski definition) is 0. The minimum atomic E-state index is -4.67. The van der Waals surface area contributed by atoms with Crippen molar-refractivity contribution in [1.82, 2.24) is 49.4 Å². The van der Waals surface area contributed by atoms with Crippen LogP contribution in [0.3, 0.4) is 0 Å². The van der Waals surface area contributed by atoms with Crippen LogP contribution in [0.1, 0.15) is 5.56 Å². The molecule has 14 rings (SSSR count). The van der Waals surface area contributed by atoms with Gasteiger partial charge in [-0.15, -0.1) is 0 Å². The lowest BCUT2D eigenvalue weighted by atomic mass is 9.96. The van der Waals surface area contributed by atoms with Crippen molar-refractivity contribution < 1.29 is 13.2 Å². The minimum absolute atomic E-state index is 0.000298. The Morgan fingerprint density at radius 3 is 0.867 bits per heavy atom. The Kier molecular flexibility index (Phi) is 12.7. The molecule has 4 heterocycles. The molecule has 0 bridgehead atoms. The summed E-state index contributed by atoms with van der Waals surface area (Å²) < 4.78 is 47.6. The van der Waals surface area contributed by atoms with E-state index in [4.69, 9.17) is 44.9 Å². The van der Waals surface area contributed by atoms with Crippen LogP contribution in [0, 0.1) is 0 Å². The summed E-state index contributed by atoms with van der Waals surface area (Å²) in [7, 11) is 0. The molecule has 10 nitrogen and oxygen atoms in total. The molecule has 0 aliphatic heterocycles. The molecule has 10 aromatic carbocycles. The summed E-state index contributed by atoms with van der Waals surface area (Å²) in [5.74, 6) is 3.88. The number of fused-ring (bicyclic) bond motifs is 3. The Labute approximate surface area is 474 Å². The maximum Gasteiger partial charge on any atom is 0.417 e. The van der Waals surface area contributed by atoms with Crippen molar-refractivity contribution in [3.8, 4) is 119 Å². The quantitative estimate of drug-likeness (QED) is 0.125. The molecule has 4 aromatic heterocycles. The normalized spacial score (nSPS) is 11.6. The molecule has 0 amide bonds. The van der Waals surface area contributed by atoms with Crippen molar-refractivity contribution in [2.75, 3.05) is 0 Å². The summed E-state index contributed by atoms with van der Waals surface area (Å²) in [4.78, 5) is 45.9. The number of nitrogens with zero attached hydrogens (tertiary/aromatic N) is 10. The molecule has 0 aliphatic rings. The number of aromatic nitrogens is 10. The van der Waals surface area contributed by atoms with Crippen molar-refractivity contribution in [3.63, 3.8) is 0 Å². The fourth-order valence-corrected chi connectivity index (χ4v) is 10.4. The third-order valence-corrected chi connectivity index (χ3v) is 14.4. The Bertz CT molecular complexity index is 4340. The maximum absolute atomic E-state index is 15.2. The van der Waals surface area contributed by atoms with E-state index in [1.54, 1.807) is 24.3 Å². The summed E-state index contributed by atoms with van der Waals surface area (Å²) in [6.07, 6.45) is -4.67. The smallest absolute Gasteiger partial charge is 0.308 e. The van der Waals surface area contributed by atoms with E-state index in [9.17, 15) is 0 Å². The van der Waals surface area contributed by atoms with E-state index in [0.717, 1.165) is 50.2 Å². The van der Waals surface area contributed by atoms with Gasteiger partial charge in [-0.25, -0.2) is 44.9 Å². The molecule has 0 aliphatic carbocycles. The van der Waals surface area contributed by atoms with Gasteiger partial charge in [0, 0.05) is 60.8 Å². The zero-order valence-electron chi connectivity index (χ0n) is 43.9. The molecule has 14 aromatic rings. The first-order valence-electron chi connectivity index (χ1n) is 26.8. The Morgan fingerprint density at radius 2 is 0.530 bits per heavy atom. The monoisotopic (exact) mass is 1080 g/mol. The summed E-state index contributed by atoms with van der Waals surface area (Å²) in [5.41, 5.74) is 7.96. The second-order valence-corrected chi connectivity index (χ2v) is 19.7. The molecule has 0 saturated heterocycles. The lowest BCUT2D eigenvalue weighted by molar-refractivity contribution is -0.137. The standard InChI is InChI=1S/C70H43F3N10/c71-70(72,73)57-34-20-19-33-53(57)50-35-40-56(69-81-65(48-29-15-5-16-30-48)76-66(82-69)49-31-17-6-18-32-49)60(41-50)83-58-42-51(67-77-61(44-21-7-1-8-22-44)74-62(78-67)45-23-9-2-10-24-45)36-38-54(58)55-39-37-52(43-59(55)83)68-79-63(46-25-11-3-12-26-46)75-64(80-68)47-27-13-4-14-28-47/h1-43H. The number of rotatable bonds is 11. The van der Waals surface area contributed by atoms with E-state index < -0.39 is 11.7 Å². The highest BCUT2D eigenvalue weighted by molar-refractivity contribution is 6.11. The van der Waals surface area contributed by atoms with Gasteiger partial charge in [-0.05, 0) is 41.5 Å². The molecule has 0 spiro atoms. The molecular formula is C70H43F3N10. The van der Waals surface area contributed by atoms with Gasteiger partial charge >= 0.3 is 6.18 Å². The minimum Gasteiger partial charge on any atom is -0.308 e. The predicted octanol–water partition coefficient (Wildman–Crippen LogP) is 17.0. The second-order valence-electron chi connectivity index (χ2n) is 19.7. The van der Waals surface area contributed by atoms with E-state index in [1.807, 2.05) is 218 Å². The number of benzene rings is 10. The SMILES string of the molecule is FC(F)(F)c1ccccc1-c1ccc(-c2nc(-c3ccccc3)nc(-c3ccccc3)n2)c(-n2c3cc(-c4nc(-c5ccccc5)nc(-c5ccccc5)n4)ccc3c3ccc(-c4nc(-c5ccccc5)nc(-c5ccccc5)n4)cc32)c1. The van der Waals surface area contributed by atoms with Crippen LogP contribution >= 0.6 is 0 Å². The Morgan fingerprint density at radius 1 is 0.241 bits per heavy atom. The highest BCUT2D eigenvalue weighted by Crippen LogP contribution is 2.43. The topological polar surface area (TPSA) is 121 Å². The predicted molar refractivity (Wildman–Crippen MR) is 320 cm³/mol. The largest absolute Gasteiger partial charge is 0.417 e. The van der Waals surface area contributed by atoms with Gasteiger partial charge in [-0.3, -0.25) is 0 Å². The van der Waals surface area contributed by atoms with Crippen molar-refractivity contribution in [1.29, 1.82) is 0 Å². The molecule has 0 N–H and O–H groups in total. The van der Waals surface area contributed by atoms with Gasteiger partial charge < -0.3 is 4.57 Å². The van der Waals surface area contributed by atoms with Crippen LogP contribution in [0.15, 0.2) is 261 Å². The zero-order valence-corrected chi connectivity index (χ0v) is 43.9. The van der Waals surface area contributed by atoms with Crippen molar-refractivity contribution in [3.05, 3.63) is 266 Å². The average Bonchev–Trinajstić information content (AvgIpc) is 2.86. The van der Waals surface area contributed by atoms with Gasteiger partial charge in [0.15, 0.2) is 52.4 Å². The van der Waals surface area contributed by atoms with E-state index in [1.165, 1.54) is 12.1 Å². The van der Waals surface area contributed by atoms with Gasteiger partial charge in [0.1, 0.15) is 0 Å². The van der Waals surface area contributed by atoms with E-state index >= 15 is 13.2 Å². The Hall–Kier alpha value is -11.2. The molecule has 0 fully saturated rings. The van der Waals surface area contributed by atoms with Crippen LogP contribution in [0.25, 0.3) is 141 Å². The van der Waals surface area contributed by atoms with E-state index in [0.29, 0.717) is 91.4 Å². The van der Waals surface area contributed by atoms with Gasteiger partial charge in [-0.1, -0.05) is 231 Å². The third kappa shape index (κ3) is 9.82. The number of halogens is 3. The highest BCUT2D eigenvalue weighted by atomic mass is 19.4. The summed E-state index contributed by atoms with van der Waals surface area (Å²) in [5, 5.41) is 1.67. The van der Waals surface area contributed by atoms with Crippen molar-refractivity contribution in [2.45, 2.75) is 6.18 Å². The second kappa shape index (κ2) is 21.1. The summed E-state index contributed by atoms with van der Waals surface area (Å²) >= 11 is 0. The van der Waals surface area contributed by atoms with Gasteiger partial charge in [0.2, 0.25) is 0 Å². The number of alkyl halides is 3. The van der Waals surface area contributed by atoms with E-state index in [2.05, 4.69) is 4.57 Å². The van der Waals surface area contributed by atoms with Crippen LogP contribution in [-0.4, -0.2) is 49.4 Å². The van der Waals surface area contributed by atoms with Gasteiger partial charge in [0.05, 0.1) is 22.3 Å². The first-order chi connectivity index (χ1) is 40.8. The first kappa shape index (κ1) is 50.1. The summed E-state index contributed by atoms with van der Waals surface area (Å²) in [6, 6.07) is 81.3. The molecule has 0 atom stereocenters. The molecular weight excluding hydrogens is 1040 g/mol. The maximum atomic E-state index is 15.2. The lowest BCUT2D eigenvalue weighted by Gasteiger charge is -2.18. The first-order valence-corrected chi connectivity index (χ1v) is 26.8. The molecule has 83 heavy (non-hydrogen) atoms. The van der Waals surface area contributed by atoms with Crippen LogP contribution in [-0.2, 0) is 6.18 Å². The lowest BCUT2D eigenvalue weighted by Crippen LogP contribution is -2.08. The van der Waals surface area contributed by atoms with Crippen molar-refractivity contribution >= 4 is 21.8 Å². The zero-order chi connectivity index (χ0) is 55.9. The number of hydrogen-bond acceptors (Lipinski definition) is 9. The van der Waals surface area contributed by atoms with Crippen LogP contribution in [0.5, 0.6) is 0 Å². The van der Waals surface area contributed by atoms with Crippen LogP contribution < -0.4 is 0 Å². The Balaban J connectivity index is 1.08. The fraction of sp³-hybridized carbons (Fsp3) is 0.0143. The van der Waals surface area contributed by atoms with Crippen molar-refractivity contribution in [2.24, 2.45) is 0 Å². The van der Waals surface area contributed by atoms with Gasteiger partial charge in [0.25, 0.3) is 0 Å². The molecule has 0 saturated carbocycles. The molecule has 0 unspecified atom stereocenters. The van der Waals surface area contributed by atoms with Crippen LogP contribution in [0.4, 0.5) is 13.2 Å². The molecule has 0 radical (unpaired) electrons. The highest BCUT2D eigenvalue weighted by Gasteiger charge is 2.34. The average molecular weight is 1080 g/mol. The summed E-state index contributed by atoms with van der Waals surface area (Å²) in [6.45, 7) is 0. The molecule has 13 heteroatoms. The third-order valence-electron chi connectivity index (χ3n) is 14.4. The fourth-order valence-electron chi connectivity index (χ4n) is 10.4.